The fourth-order valence-electron chi connectivity index (χ4n) is 2.65. The first-order chi connectivity index (χ1) is 11.7. The molecule has 0 saturated carbocycles. The highest BCUT2D eigenvalue weighted by Gasteiger charge is 2.30. The maximum absolute atomic E-state index is 12.6. The Morgan fingerprint density at radius 3 is 2.44 bits per heavy atom. The number of thioether (sulfide) groups is 1. The van der Waals surface area contributed by atoms with Gasteiger partial charge < -0.3 is 4.90 Å². The van der Waals surface area contributed by atoms with Gasteiger partial charge in [-0.3, -0.25) is 14.9 Å². The van der Waals surface area contributed by atoms with Crippen LogP contribution in [0.1, 0.15) is 15.9 Å². The first kappa shape index (κ1) is 17.3. The van der Waals surface area contributed by atoms with E-state index in [0.717, 1.165) is 5.56 Å². The molecule has 2 aromatic carbocycles. The van der Waals surface area contributed by atoms with Gasteiger partial charge >= 0.3 is 5.51 Å². The number of nitro groups is 1. The molecule has 0 N–H and O–H groups in total. The number of nitro benzene ring substituents is 1. The molecule has 1 aliphatic rings. The molecule has 9 heteroatoms. The summed E-state index contributed by atoms with van der Waals surface area (Å²) in [6, 6.07) is 9.46. The SMILES string of the molecule is O=C(c1ccc(SC(F)(F)F)cc1)N1CCc2ccc([N+](=O)[O-])cc21. The van der Waals surface area contributed by atoms with Gasteiger partial charge in [-0.15, -0.1) is 0 Å². The van der Waals surface area contributed by atoms with Crippen LogP contribution in [0.15, 0.2) is 47.4 Å². The molecule has 0 bridgehead atoms. The maximum atomic E-state index is 12.6. The van der Waals surface area contributed by atoms with Crippen molar-refractivity contribution < 1.29 is 22.9 Å². The minimum atomic E-state index is -4.39. The van der Waals surface area contributed by atoms with Gasteiger partial charge in [-0.25, -0.2) is 0 Å². The molecule has 2 aromatic rings. The quantitative estimate of drug-likeness (QED) is 0.457. The van der Waals surface area contributed by atoms with E-state index in [4.69, 9.17) is 0 Å². The third-order valence-electron chi connectivity index (χ3n) is 3.76. The van der Waals surface area contributed by atoms with E-state index in [1.165, 1.54) is 41.3 Å². The molecule has 1 heterocycles. The molecule has 130 valence electrons. The van der Waals surface area contributed by atoms with Crippen molar-refractivity contribution in [3.8, 4) is 0 Å². The second kappa shape index (κ2) is 6.40. The van der Waals surface area contributed by atoms with Crippen molar-refractivity contribution in [2.24, 2.45) is 0 Å². The topological polar surface area (TPSA) is 63.5 Å². The molecule has 5 nitrogen and oxygen atoms in total. The van der Waals surface area contributed by atoms with Crippen molar-refractivity contribution in [2.75, 3.05) is 11.4 Å². The highest BCUT2D eigenvalue weighted by Crippen LogP contribution is 2.37. The van der Waals surface area contributed by atoms with Crippen LogP contribution in [-0.2, 0) is 6.42 Å². The fourth-order valence-corrected chi connectivity index (χ4v) is 3.19. The van der Waals surface area contributed by atoms with Crippen LogP contribution in [0.4, 0.5) is 24.5 Å². The van der Waals surface area contributed by atoms with Gasteiger partial charge in [0.25, 0.3) is 11.6 Å². The summed E-state index contributed by atoms with van der Waals surface area (Å²) >= 11 is -0.253. The number of hydrogen-bond donors (Lipinski definition) is 0. The van der Waals surface area contributed by atoms with Crippen molar-refractivity contribution in [3.63, 3.8) is 0 Å². The van der Waals surface area contributed by atoms with Crippen LogP contribution in [0, 0.1) is 10.1 Å². The largest absolute Gasteiger partial charge is 0.446 e. The van der Waals surface area contributed by atoms with E-state index in [1.807, 2.05) is 0 Å². The van der Waals surface area contributed by atoms with E-state index < -0.39 is 16.3 Å². The molecule has 0 fully saturated rings. The Labute approximate surface area is 144 Å². The van der Waals surface area contributed by atoms with Crippen LogP contribution < -0.4 is 4.90 Å². The summed E-state index contributed by atoms with van der Waals surface area (Å²) in [6.45, 7) is 0.369. The number of hydrogen-bond acceptors (Lipinski definition) is 4. The highest BCUT2D eigenvalue weighted by molar-refractivity contribution is 8.00. The van der Waals surface area contributed by atoms with Gasteiger partial charge in [0.05, 0.1) is 10.6 Å². The van der Waals surface area contributed by atoms with Gasteiger partial charge in [-0.2, -0.15) is 13.2 Å². The van der Waals surface area contributed by atoms with E-state index in [9.17, 15) is 28.1 Å². The summed E-state index contributed by atoms with van der Waals surface area (Å²) in [6.07, 6.45) is 0.571. The number of carbonyl (C=O) groups is 1. The predicted octanol–water partition coefficient (Wildman–Crippen LogP) is 4.41. The lowest BCUT2D eigenvalue weighted by atomic mass is 10.1. The number of fused-ring (bicyclic) bond motifs is 1. The number of rotatable bonds is 3. The summed E-state index contributed by atoms with van der Waals surface area (Å²) < 4.78 is 37.0. The fraction of sp³-hybridized carbons (Fsp3) is 0.188. The molecule has 0 saturated heterocycles. The number of halogens is 3. The Hall–Kier alpha value is -2.55. The summed E-state index contributed by atoms with van der Waals surface area (Å²) in [5.41, 5.74) is -2.99. The molecule has 0 atom stereocenters. The molecule has 0 aliphatic carbocycles. The highest BCUT2D eigenvalue weighted by atomic mass is 32.2. The van der Waals surface area contributed by atoms with E-state index in [2.05, 4.69) is 0 Å². The van der Waals surface area contributed by atoms with Crippen LogP contribution in [0.2, 0.25) is 0 Å². The van der Waals surface area contributed by atoms with Gasteiger partial charge in [0, 0.05) is 29.1 Å². The van der Waals surface area contributed by atoms with Crippen molar-refractivity contribution in [3.05, 3.63) is 63.7 Å². The maximum Gasteiger partial charge on any atom is 0.446 e. The molecular weight excluding hydrogens is 357 g/mol. The van der Waals surface area contributed by atoms with Gasteiger partial charge in [0.1, 0.15) is 0 Å². The molecule has 0 radical (unpaired) electrons. The number of amides is 1. The standard InChI is InChI=1S/C16H11F3N2O3S/c17-16(18,19)25-13-5-2-11(3-6-13)15(22)20-8-7-10-1-4-12(21(23)24)9-14(10)20/h1-6,9H,7-8H2. The number of nitrogens with zero attached hydrogens (tertiary/aromatic N) is 2. The van der Waals surface area contributed by atoms with Crippen molar-refractivity contribution in [1.82, 2.24) is 0 Å². The summed E-state index contributed by atoms with van der Waals surface area (Å²) in [5, 5.41) is 10.9. The first-order valence-corrected chi connectivity index (χ1v) is 8.01. The van der Waals surface area contributed by atoms with E-state index in [-0.39, 0.29) is 27.9 Å². The van der Waals surface area contributed by atoms with Crippen LogP contribution in [0.5, 0.6) is 0 Å². The molecule has 0 spiro atoms. The Morgan fingerprint density at radius 1 is 1.16 bits per heavy atom. The predicted molar refractivity (Wildman–Crippen MR) is 86.8 cm³/mol. The van der Waals surface area contributed by atoms with Gasteiger partial charge in [0.15, 0.2) is 0 Å². The van der Waals surface area contributed by atoms with Crippen LogP contribution in [0.3, 0.4) is 0 Å². The molecule has 1 amide bonds. The van der Waals surface area contributed by atoms with Crippen LogP contribution >= 0.6 is 11.8 Å². The Morgan fingerprint density at radius 2 is 1.84 bits per heavy atom. The molecule has 25 heavy (non-hydrogen) atoms. The Balaban J connectivity index is 1.84. The van der Waals surface area contributed by atoms with Crippen molar-refractivity contribution in [1.29, 1.82) is 0 Å². The van der Waals surface area contributed by atoms with Crippen LogP contribution in [0.25, 0.3) is 0 Å². The van der Waals surface area contributed by atoms with Crippen molar-refractivity contribution in [2.45, 2.75) is 16.8 Å². The Kier molecular flexibility index (Phi) is 4.42. The second-order valence-electron chi connectivity index (χ2n) is 5.35. The zero-order valence-corrected chi connectivity index (χ0v) is 13.4. The molecule has 0 unspecified atom stereocenters. The summed E-state index contributed by atoms with van der Waals surface area (Å²) in [7, 11) is 0. The minimum absolute atomic E-state index is 0.0125. The first-order valence-electron chi connectivity index (χ1n) is 7.19. The zero-order valence-electron chi connectivity index (χ0n) is 12.6. The molecular formula is C16H11F3N2O3S. The number of benzene rings is 2. The number of non-ortho nitro benzene ring substituents is 1. The van der Waals surface area contributed by atoms with Gasteiger partial charge in [0.2, 0.25) is 0 Å². The van der Waals surface area contributed by atoms with E-state index >= 15 is 0 Å². The number of carbonyl (C=O) groups excluding carboxylic acids is 1. The average molecular weight is 368 g/mol. The monoisotopic (exact) mass is 368 g/mol. The second-order valence-corrected chi connectivity index (χ2v) is 6.49. The summed E-state index contributed by atoms with van der Waals surface area (Å²) in [5.74, 6) is -0.400. The van der Waals surface area contributed by atoms with Gasteiger partial charge in [-0.05, 0) is 48.0 Å². The lowest BCUT2D eigenvalue weighted by Gasteiger charge is -2.17. The number of alkyl halides is 3. The normalized spacial score (nSPS) is 13.6. The zero-order chi connectivity index (χ0) is 18.2. The minimum Gasteiger partial charge on any atom is -0.308 e. The smallest absolute Gasteiger partial charge is 0.308 e. The molecule has 0 aromatic heterocycles. The lowest BCUT2D eigenvalue weighted by molar-refractivity contribution is -0.384. The average Bonchev–Trinajstić information content (AvgIpc) is 2.96. The number of anilines is 1. The third kappa shape index (κ3) is 3.76. The molecule has 1 aliphatic heterocycles. The summed E-state index contributed by atoms with van der Waals surface area (Å²) in [4.78, 5) is 24.4. The Bertz CT molecular complexity index is 838. The van der Waals surface area contributed by atoms with E-state index in [0.29, 0.717) is 18.7 Å². The van der Waals surface area contributed by atoms with E-state index in [1.54, 1.807) is 6.07 Å². The van der Waals surface area contributed by atoms with Gasteiger partial charge in [-0.1, -0.05) is 6.07 Å². The van der Waals surface area contributed by atoms with Crippen molar-refractivity contribution >= 4 is 29.0 Å². The molecule has 3 rings (SSSR count). The van der Waals surface area contributed by atoms with Crippen LogP contribution in [-0.4, -0.2) is 22.9 Å². The third-order valence-corrected chi connectivity index (χ3v) is 4.49. The lowest BCUT2D eigenvalue weighted by Crippen LogP contribution is -2.28.